The van der Waals surface area contributed by atoms with Crippen LogP contribution in [0.15, 0.2) is 118 Å². The van der Waals surface area contributed by atoms with Gasteiger partial charge in [0.25, 0.3) is 0 Å². The fourth-order valence-corrected chi connectivity index (χ4v) is 4.74. The number of anilines is 1. The van der Waals surface area contributed by atoms with Crippen molar-refractivity contribution >= 4 is 46.1 Å². The highest BCUT2D eigenvalue weighted by molar-refractivity contribution is 7.99. The fraction of sp³-hybridized carbons (Fsp3) is 0.0385. The number of azo groups is 1. The molecule has 0 bridgehead atoms. The number of hydrogen-bond acceptors (Lipinski definition) is 7. The predicted molar refractivity (Wildman–Crippen MR) is 141 cm³/mol. The van der Waals surface area contributed by atoms with E-state index in [1.54, 1.807) is 11.3 Å². The number of amides is 1. The monoisotopic (exact) mass is 496 g/mol. The van der Waals surface area contributed by atoms with E-state index in [4.69, 9.17) is 0 Å². The van der Waals surface area contributed by atoms with E-state index < -0.39 is 0 Å². The molecule has 35 heavy (non-hydrogen) atoms. The molecule has 172 valence electrons. The van der Waals surface area contributed by atoms with Crippen LogP contribution in [-0.2, 0) is 4.79 Å². The van der Waals surface area contributed by atoms with E-state index in [1.807, 2.05) is 107 Å². The SMILES string of the molecule is O=C(CSc1nnc(-c2cccs2)n1-c1ccccc1)Nc1ccc(N=Nc2ccccc2)cc1. The molecule has 0 unspecified atom stereocenters. The maximum atomic E-state index is 12.6. The Morgan fingerprint density at radius 2 is 1.51 bits per heavy atom. The van der Waals surface area contributed by atoms with E-state index in [-0.39, 0.29) is 11.7 Å². The van der Waals surface area contributed by atoms with E-state index in [9.17, 15) is 4.79 Å². The van der Waals surface area contributed by atoms with Crippen LogP contribution in [0.3, 0.4) is 0 Å². The summed E-state index contributed by atoms with van der Waals surface area (Å²) in [7, 11) is 0. The number of benzene rings is 3. The first-order chi connectivity index (χ1) is 17.3. The summed E-state index contributed by atoms with van der Waals surface area (Å²) >= 11 is 2.95. The standard InChI is InChI=1S/C26H20N6OS2/c33-24(27-19-13-15-21(16-14-19)29-28-20-8-3-1-4-9-20)18-35-26-31-30-25(23-12-7-17-34-23)32(26)22-10-5-2-6-11-22/h1-17H,18H2,(H,27,33). The molecule has 0 atom stereocenters. The van der Waals surface area contributed by atoms with Crippen LogP contribution in [-0.4, -0.2) is 26.4 Å². The molecular formula is C26H20N6OS2. The number of nitrogens with zero attached hydrogens (tertiary/aromatic N) is 5. The minimum atomic E-state index is -0.131. The molecule has 5 rings (SSSR count). The number of thiophene rings is 1. The molecule has 0 saturated carbocycles. The topological polar surface area (TPSA) is 84.5 Å². The second-order valence-corrected chi connectivity index (χ2v) is 9.26. The van der Waals surface area contributed by atoms with Crippen LogP contribution in [0, 0.1) is 0 Å². The molecule has 1 N–H and O–H groups in total. The molecule has 9 heteroatoms. The summed E-state index contributed by atoms with van der Waals surface area (Å²) in [5.74, 6) is 0.827. The van der Waals surface area contributed by atoms with Gasteiger partial charge in [-0.1, -0.05) is 54.2 Å². The normalized spacial score (nSPS) is 11.1. The summed E-state index contributed by atoms with van der Waals surface area (Å²) in [5, 5.41) is 22.8. The summed E-state index contributed by atoms with van der Waals surface area (Å²) in [4.78, 5) is 13.7. The minimum absolute atomic E-state index is 0.131. The van der Waals surface area contributed by atoms with Crippen LogP contribution < -0.4 is 5.32 Å². The number of carbonyl (C=O) groups excluding carboxylic acids is 1. The highest BCUT2D eigenvalue weighted by Crippen LogP contribution is 2.30. The van der Waals surface area contributed by atoms with Crippen molar-refractivity contribution in [2.45, 2.75) is 5.16 Å². The van der Waals surface area contributed by atoms with Crippen LogP contribution in [0.4, 0.5) is 17.1 Å². The lowest BCUT2D eigenvalue weighted by atomic mass is 10.3. The third-order valence-corrected chi connectivity index (χ3v) is 6.70. The van der Waals surface area contributed by atoms with Gasteiger partial charge in [-0.2, -0.15) is 10.2 Å². The van der Waals surface area contributed by atoms with Gasteiger partial charge in [-0.15, -0.1) is 21.5 Å². The van der Waals surface area contributed by atoms with Crippen LogP contribution in [0.5, 0.6) is 0 Å². The summed E-state index contributed by atoms with van der Waals surface area (Å²) in [6, 6.07) is 30.7. The van der Waals surface area contributed by atoms with Crippen molar-refractivity contribution in [2.75, 3.05) is 11.1 Å². The Morgan fingerprint density at radius 1 is 0.829 bits per heavy atom. The van der Waals surface area contributed by atoms with Crippen molar-refractivity contribution in [3.63, 3.8) is 0 Å². The summed E-state index contributed by atoms with van der Waals surface area (Å²) in [5.41, 5.74) is 3.13. The first kappa shape index (κ1) is 22.7. The van der Waals surface area contributed by atoms with Gasteiger partial charge in [-0.05, 0) is 60.0 Å². The van der Waals surface area contributed by atoms with E-state index in [0.29, 0.717) is 16.5 Å². The van der Waals surface area contributed by atoms with Crippen molar-refractivity contribution in [3.05, 3.63) is 102 Å². The van der Waals surface area contributed by atoms with Gasteiger partial charge in [-0.25, -0.2) is 0 Å². The first-order valence-electron chi connectivity index (χ1n) is 10.8. The average Bonchev–Trinajstić information content (AvgIpc) is 3.58. The number of rotatable bonds is 8. The minimum Gasteiger partial charge on any atom is -0.325 e. The van der Waals surface area contributed by atoms with Crippen molar-refractivity contribution in [1.29, 1.82) is 0 Å². The highest BCUT2D eigenvalue weighted by atomic mass is 32.2. The Bertz CT molecular complexity index is 1420. The Morgan fingerprint density at radius 3 is 2.20 bits per heavy atom. The van der Waals surface area contributed by atoms with Crippen molar-refractivity contribution < 1.29 is 4.79 Å². The zero-order valence-corrected chi connectivity index (χ0v) is 20.1. The maximum Gasteiger partial charge on any atom is 0.234 e. The number of hydrogen-bond donors (Lipinski definition) is 1. The molecule has 0 saturated heterocycles. The van der Waals surface area contributed by atoms with E-state index in [2.05, 4.69) is 25.7 Å². The van der Waals surface area contributed by atoms with Gasteiger partial charge < -0.3 is 5.32 Å². The van der Waals surface area contributed by atoms with E-state index >= 15 is 0 Å². The molecular weight excluding hydrogens is 476 g/mol. The van der Waals surface area contributed by atoms with Crippen LogP contribution in [0.2, 0.25) is 0 Å². The van der Waals surface area contributed by atoms with E-state index in [1.165, 1.54) is 11.8 Å². The Labute approximate surface area is 210 Å². The predicted octanol–water partition coefficient (Wildman–Crippen LogP) is 7.14. The largest absolute Gasteiger partial charge is 0.325 e. The number of aromatic nitrogens is 3. The maximum absolute atomic E-state index is 12.6. The number of para-hydroxylation sites is 1. The lowest BCUT2D eigenvalue weighted by Gasteiger charge is -2.09. The van der Waals surface area contributed by atoms with Gasteiger partial charge in [-0.3, -0.25) is 9.36 Å². The summed E-state index contributed by atoms with van der Waals surface area (Å²) < 4.78 is 1.98. The molecule has 0 radical (unpaired) electrons. The van der Waals surface area contributed by atoms with Gasteiger partial charge in [0.1, 0.15) is 0 Å². The molecule has 2 heterocycles. The van der Waals surface area contributed by atoms with Crippen molar-refractivity contribution in [1.82, 2.24) is 14.8 Å². The zero-order chi connectivity index (χ0) is 23.9. The molecule has 0 fully saturated rings. The van der Waals surface area contributed by atoms with Gasteiger partial charge in [0.15, 0.2) is 11.0 Å². The average molecular weight is 497 g/mol. The van der Waals surface area contributed by atoms with Gasteiger partial charge in [0.05, 0.1) is 22.0 Å². The Kier molecular flexibility index (Phi) is 7.07. The Hall–Kier alpha value is -4.08. The van der Waals surface area contributed by atoms with Crippen LogP contribution in [0.25, 0.3) is 16.4 Å². The summed E-state index contributed by atoms with van der Waals surface area (Å²) in [6.45, 7) is 0. The molecule has 7 nitrogen and oxygen atoms in total. The van der Waals surface area contributed by atoms with E-state index in [0.717, 1.165) is 22.1 Å². The third kappa shape index (κ3) is 5.71. The second kappa shape index (κ2) is 10.9. The van der Waals surface area contributed by atoms with Gasteiger partial charge in [0.2, 0.25) is 5.91 Å². The lowest BCUT2D eigenvalue weighted by Crippen LogP contribution is -2.14. The van der Waals surface area contributed by atoms with Crippen LogP contribution >= 0.6 is 23.1 Å². The third-order valence-electron chi connectivity index (χ3n) is 4.91. The first-order valence-corrected chi connectivity index (χ1v) is 12.7. The summed E-state index contributed by atoms with van der Waals surface area (Å²) in [6.07, 6.45) is 0. The number of carbonyl (C=O) groups is 1. The molecule has 5 aromatic rings. The number of thioether (sulfide) groups is 1. The fourth-order valence-electron chi connectivity index (χ4n) is 3.29. The molecule has 0 aliphatic rings. The second-order valence-electron chi connectivity index (χ2n) is 7.37. The molecule has 1 amide bonds. The molecule has 0 spiro atoms. The van der Waals surface area contributed by atoms with Crippen LogP contribution in [0.1, 0.15) is 0 Å². The smallest absolute Gasteiger partial charge is 0.234 e. The van der Waals surface area contributed by atoms with Gasteiger partial charge >= 0.3 is 0 Å². The molecule has 2 aromatic heterocycles. The Balaban J connectivity index is 1.24. The quantitative estimate of drug-likeness (QED) is 0.183. The zero-order valence-electron chi connectivity index (χ0n) is 18.5. The van der Waals surface area contributed by atoms with Crippen molar-refractivity contribution in [3.8, 4) is 16.4 Å². The lowest BCUT2D eigenvalue weighted by molar-refractivity contribution is -0.113. The molecule has 0 aliphatic carbocycles. The molecule has 0 aliphatic heterocycles. The highest BCUT2D eigenvalue weighted by Gasteiger charge is 2.17. The van der Waals surface area contributed by atoms with Gasteiger partial charge in [0, 0.05) is 11.4 Å². The van der Waals surface area contributed by atoms with Crippen molar-refractivity contribution in [2.24, 2.45) is 10.2 Å². The molecule has 3 aromatic carbocycles. The number of nitrogens with one attached hydrogen (secondary N) is 1.